The lowest BCUT2D eigenvalue weighted by atomic mass is 9.90. The van der Waals surface area contributed by atoms with E-state index in [1.807, 2.05) is 27.7 Å². The molecule has 0 fully saturated rings. The third-order valence-corrected chi connectivity index (χ3v) is 6.10. The summed E-state index contributed by atoms with van der Waals surface area (Å²) in [5.74, 6) is -0.213. The van der Waals surface area contributed by atoms with Gasteiger partial charge < -0.3 is 4.74 Å². The number of rotatable bonds is 7. The van der Waals surface area contributed by atoms with Gasteiger partial charge in [-0.15, -0.1) is 0 Å². The number of nitrogens with zero attached hydrogens (tertiary/aromatic N) is 1. The van der Waals surface area contributed by atoms with Gasteiger partial charge in [-0.25, -0.2) is 16.8 Å². The lowest BCUT2D eigenvalue weighted by Gasteiger charge is -2.38. The Bertz CT molecular complexity index is 582. The molecule has 0 aliphatic carbocycles. The van der Waals surface area contributed by atoms with Crippen LogP contribution in [-0.2, 0) is 24.6 Å². The summed E-state index contributed by atoms with van der Waals surface area (Å²) in [6.07, 6.45) is 1.33. The largest absolute Gasteiger partial charge is 0.372 e. The number of sulfone groups is 1. The fourth-order valence-electron chi connectivity index (χ4n) is 2.06. The molecule has 0 amide bonds. The molecular formula is C15H33NO5S2. The van der Waals surface area contributed by atoms with E-state index in [1.54, 1.807) is 20.8 Å². The molecule has 8 heteroatoms. The SMILES string of the molecule is C[C@H](O[C@@H](CN(C(C)(C)C)S(C)(=O)=O)CS(C)(=O)=O)C(C)(C)C. The third-order valence-electron chi connectivity index (χ3n) is 3.62. The second kappa shape index (κ2) is 7.37. The van der Waals surface area contributed by atoms with Gasteiger partial charge in [0.15, 0.2) is 0 Å². The quantitative estimate of drug-likeness (QED) is 0.683. The topological polar surface area (TPSA) is 80.8 Å². The van der Waals surface area contributed by atoms with Crippen molar-refractivity contribution in [3.05, 3.63) is 0 Å². The van der Waals surface area contributed by atoms with Crippen LogP contribution in [0.25, 0.3) is 0 Å². The lowest BCUT2D eigenvalue weighted by molar-refractivity contribution is -0.0555. The third kappa shape index (κ3) is 9.02. The average Bonchev–Trinajstić information content (AvgIpc) is 2.18. The summed E-state index contributed by atoms with van der Waals surface area (Å²) in [5, 5.41) is 0. The van der Waals surface area contributed by atoms with Crippen LogP contribution >= 0.6 is 0 Å². The van der Waals surface area contributed by atoms with Crippen LogP contribution in [0.1, 0.15) is 48.5 Å². The van der Waals surface area contributed by atoms with E-state index in [9.17, 15) is 16.8 Å². The van der Waals surface area contributed by atoms with Crippen molar-refractivity contribution in [2.24, 2.45) is 5.41 Å². The molecule has 2 atom stereocenters. The van der Waals surface area contributed by atoms with Gasteiger partial charge in [-0.1, -0.05) is 20.8 Å². The maximum absolute atomic E-state index is 12.1. The van der Waals surface area contributed by atoms with E-state index in [-0.39, 0.29) is 23.8 Å². The van der Waals surface area contributed by atoms with Crippen LogP contribution in [0.4, 0.5) is 0 Å². The van der Waals surface area contributed by atoms with Crippen LogP contribution in [0.15, 0.2) is 0 Å². The minimum atomic E-state index is -3.49. The monoisotopic (exact) mass is 371 g/mol. The Morgan fingerprint density at radius 2 is 1.39 bits per heavy atom. The number of hydrogen-bond acceptors (Lipinski definition) is 5. The van der Waals surface area contributed by atoms with E-state index >= 15 is 0 Å². The summed E-state index contributed by atoms with van der Waals surface area (Å²) in [4.78, 5) is 0. The number of hydrogen-bond donors (Lipinski definition) is 0. The van der Waals surface area contributed by atoms with Crippen molar-refractivity contribution >= 4 is 19.9 Å². The highest BCUT2D eigenvalue weighted by atomic mass is 32.2. The Labute approximate surface area is 142 Å². The average molecular weight is 372 g/mol. The minimum absolute atomic E-state index is 0.00975. The van der Waals surface area contributed by atoms with Crippen LogP contribution in [0.3, 0.4) is 0 Å². The molecule has 0 aromatic carbocycles. The molecule has 0 aliphatic rings. The summed E-state index contributed by atoms with van der Waals surface area (Å²) in [5.41, 5.74) is -0.828. The highest BCUT2D eigenvalue weighted by Crippen LogP contribution is 2.25. The Morgan fingerprint density at radius 3 is 1.65 bits per heavy atom. The van der Waals surface area contributed by atoms with Crippen LogP contribution in [-0.4, -0.2) is 63.7 Å². The molecule has 0 saturated heterocycles. The number of ether oxygens (including phenoxy) is 1. The van der Waals surface area contributed by atoms with Gasteiger partial charge in [0, 0.05) is 18.3 Å². The zero-order chi connectivity index (χ0) is 18.9. The molecule has 0 spiro atoms. The summed E-state index contributed by atoms with van der Waals surface area (Å²) < 4.78 is 54.8. The van der Waals surface area contributed by atoms with E-state index in [1.165, 1.54) is 4.31 Å². The Morgan fingerprint density at radius 1 is 0.957 bits per heavy atom. The summed E-state index contributed by atoms with van der Waals surface area (Å²) in [6.45, 7) is 13.2. The first kappa shape index (κ1) is 22.8. The molecule has 0 rings (SSSR count). The summed E-state index contributed by atoms with van der Waals surface area (Å²) in [7, 11) is -6.78. The molecule has 0 N–H and O–H groups in total. The van der Waals surface area contributed by atoms with Crippen molar-refractivity contribution in [2.75, 3.05) is 24.8 Å². The van der Waals surface area contributed by atoms with Gasteiger partial charge >= 0.3 is 0 Å². The highest BCUT2D eigenvalue weighted by Gasteiger charge is 2.35. The van der Waals surface area contributed by atoms with Gasteiger partial charge in [0.2, 0.25) is 10.0 Å². The molecule has 0 aromatic rings. The molecule has 0 aliphatic heterocycles. The molecule has 0 unspecified atom stereocenters. The van der Waals surface area contributed by atoms with Gasteiger partial charge in [0.05, 0.1) is 24.2 Å². The normalized spacial score (nSPS) is 17.3. The molecule has 0 aromatic heterocycles. The van der Waals surface area contributed by atoms with Crippen LogP contribution < -0.4 is 0 Å². The number of sulfonamides is 1. The van der Waals surface area contributed by atoms with E-state index in [2.05, 4.69) is 0 Å². The maximum Gasteiger partial charge on any atom is 0.211 e. The molecule has 0 radical (unpaired) electrons. The van der Waals surface area contributed by atoms with E-state index < -0.39 is 31.5 Å². The van der Waals surface area contributed by atoms with Crippen molar-refractivity contribution in [1.82, 2.24) is 4.31 Å². The Balaban J connectivity index is 5.52. The molecule has 0 saturated carbocycles. The molecule has 140 valence electrons. The predicted molar refractivity (Wildman–Crippen MR) is 94.8 cm³/mol. The van der Waals surface area contributed by atoms with Crippen LogP contribution in [0.5, 0.6) is 0 Å². The summed E-state index contributed by atoms with van der Waals surface area (Å²) in [6, 6.07) is 0. The van der Waals surface area contributed by atoms with E-state index in [4.69, 9.17) is 4.74 Å². The molecule has 23 heavy (non-hydrogen) atoms. The molecular weight excluding hydrogens is 338 g/mol. The van der Waals surface area contributed by atoms with Crippen LogP contribution in [0.2, 0.25) is 0 Å². The lowest BCUT2D eigenvalue weighted by Crippen LogP contribution is -2.51. The van der Waals surface area contributed by atoms with Crippen LogP contribution in [0, 0.1) is 5.41 Å². The smallest absolute Gasteiger partial charge is 0.211 e. The van der Waals surface area contributed by atoms with Gasteiger partial charge in [-0.2, -0.15) is 4.31 Å². The Kier molecular flexibility index (Phi) is 7.31. The predicted octanol–water partition coefficient (Wildman–Crippen LogP) is 1.91. The second-order valence-corrected chi connectivity index (χ2v) is 12.4. The standard InChI is InChI=1S/C15H33NO5S2/c1-12(14(2,3)4)21-13(11-22(8,17)18)10-16(15(5,6)7)23(9,19)20/h12-13H,10-11H2,1-9H3/t12-,13-/m0/s1. The first-order valence-corrected chi connectivity index (χ1v) is 11.6. The van der Waals surface area contributed by atoms with Gasteiger partial charge in [-0.05, 0) is 33.1 Å². The first-order chi connectivity index (χ1) is 9.84. The van der Waals surface area contributed by atoms with Crippen molar-refractivity contribution < 1.29 is 21.6 Å². The second-order valence-electron chi connectivity index (χ2n) is 8.32. The van der Waals surface area contributed by atoms with Gasteiger partial charge in [0.25, 0.3) is 0 Å². The summed E-state index contributed by atoms with van der Waals surface area (Å²) >= 11 is 0. The zero-order valence-corrected chi connectivity index (χ0v) is 17.5. The van der Waals surface area contributed by atoms with Gasteiger partial charge in [-0.3, -0.25) is 0 Å². The first-order valence-electron chi connectivity index (χ1n) is 7.65. The van der Waals surface area contributed by atoms with Crippen molar-refractivity contribution in [3.63, 3.8) is 0 Å². The van der Waals surface area contributed by atoms with Gasteiger partial charge in [0.1, 0.15) is 9.84 Å². The van der Waals surface area contributed by atoms with Crippen molar-refractivity contribution in [3.8, 4) is 0 Å². The van der Waals surface area contributed by atoms with E-state index in [0.717, 1.165) is 12.5 Å². The molecule has 0 bridgehead atoms. The molecule has 6 nitrogen and oxygen atoms in total. The van der Waals surface area contributed by atoms with Crippen molar-refractivity contribution in [1.29, 1.82) is 0 Å². The molecule has 0 heterocycles. The van der Waals surface area contributed by atoms with E-state index in [0.29, 0.717) is 0 Å². The highest BCUT2D eigenvalue weighted by molar-refractivity contribution is 7.90. The zero-order valence-electron chi connectivity index (χ0n) is 15.9. The van der Waals surface area contributed by atoms with Crippen molar-refractivity contribution in [2.45, 2.75) is 66.2 Å². The fraction of sp³-hybridized carbons (Fsp3) is 1.00. The Hall–Kier alpha value is -0.180. The minimum Gasteiger partial charge on any atom is -0.372 e. The maximum atomic E-state index is 12.1. The fourth-order valence-corrected chi connectivity index (χ4v) is 4.35.